The second-order valence-electron chi connectivity index (χ2n) is 3.77. The molecule has 3 nitrogen and oxygen atoms in total. The van der Waals surface area contributed by atoms with Gasteiger partial charge < -0.3 is 5.32 Å². The van der Waals surface area contributed by atoms with Crippen LogP contribution in [0.15, 0.2) is 4.99 Å². The number of nitrogens with one attached hydrogen (secondary N) is 1. The van der Waals surface area contributed by atoms with E-state index in [9.17, 15) is 4.79 Å². The molecule has 1 aliphatic rings. The highest BCUT2D eigenvalue weighted by Gasteiger charge is 2.18. The van der Waals surface area contributed by atoms with Crippen LogP contribution in [-0.4, -0.2) is 23.4 Å². The lowest BCUT2D eigenvalue weighted by atomic mass is 9.99. The monoisotopic (exact) mass is 228 g/mol. The van der Waals surface area contributed by atoms with Gasteiger partial charge in [0, 0.05) is 11.7 Å². The SMILES string of the molecule is CCCCC(CC)C(=O)NC1=NCCS1. The van der Waals surface area contributed by atoms with Crippen molar-refractivity contribution in [2.24, 2.45) is 10.9 Å². The van der Waals surface area contributed by atoms with Gasteiger partial charge >= 0.3 is 0 Å². The van der Waals surface area contributed by atoms with Crippen LogP contribution in [0.4, 0.5) is 0 Å². The number of hydrogen-bond acceptors (Lipinski definition) is 3. The minimum absolute atomic E-state index is 0.152. The summed E-state index contributed by atoms with van der Waals surface area (Å²) < 4.78 is 0. The highest BCUT2D eigenvalue weighted by Crippen LogP contribution is 2.15. The second kappa shape index (κ2) is 6.88. The lowest BCUT2D eigenvalue weighted by Gasteiger charge is -2.13. The molecule has 1 atom stereocenters. The maximum Gasteiger partial charge on any atom is 0.229 e. The summed E-state index contributed by atoms with van der Waals surface area (Å²) in [5, 5.41) is 3.73. The molecule has 15 heavy (non-hydrogen) atoms. The predicted molar refractivity (Wildman–Crippen MR) is 66.2 cm³/mol. The lowest BCUT2D eigenvalue weighted by Crippen LogP contribution is -2.33. The number of thioether (sulfide) groups is 1. The van der Waals surface area contributed by atoms with E-state index < -0.39 is 0 Å². The van der Waals surface area contributed by atoms with Gasteiger partial charge in [-0.2, -0.15) is 0 Å². The molecule has 0 saturated heterocycles. The van der Waals surface area contributed by atoms with Gasteiger partial charge in [0.25, 0.3) is 0 Å². The summed E-state index contributed by atoms with van der Waals surface area (Å²) in [6.45, 7) is 5.07. The first-order valence-corrected chi connectivity index (χ1v) is 6.74. The highest BCUT2D eigenvalue weighted by atomic mass is 32.2. The van der Waals surface area contributed by atoms with E-state index in [-0.39, 0.29) is 11.8 Å². The smallest absolute Gasteiger partial charge is 0.229 e. The maximum absolute atomic E-state index is 11.8. The fourth-order valence-corrected chi connectivity index (χ4v) is 2.32. The van der Waals surface area contributed by atoms with E-state index in [4.69, 9.17) is 0 Å². The van der Waals surface area contributed by atoms with Crippen LogP contribution in [0.3, 0.4) is 0 Å². The van der Waals surface area contributed by atoms with Crippen LogP contribution in [0.5, 0.6) is 0 Å². The summed E-state index contributed by atoms with van der Waals surface area (Å²) in [5.41, 5.74) is 0. The molecule has 1 heterocycles. The van der Waals surface area contributed by atoms with Crippen molar-refractivity contribution in [1.29, 1.82) is 0 Å². The number of rotatable bonds is 5. The molecule has 1 rings (SSSR count). The van der Waals surface area contributed by atoms with E-state index in [0.29, 0.717) is 0 Å². The average molecular weight is 228 g/mol. The van der Waals surface area contributed by atoms with Crippen molar-refractivity contribution in [2.45, 2.75) is 39.5 Å². The van der Waals surface area contributed by atoms with Crippen molar-refractivity contribution in [2.75, 3.05) is 12.3 Å². The van der Waals surface area contributed by atoms with Crippen molar-refractivity contribution in [1.82, 2.24) is 5.32 Å². The zero-order chi connectivity index (χ0) is 11.1. The topological polar surface area (TPSA) is 41.5 Å². The second-order valence-corrected chi connectivity index (χ2v) is 4.86. The third kappa shape index (κ3) is 4.24. The van der Waals surface area contributed by atoms with Gasteiger partial charge in [0.15, 0.2) is 5.17 Å². The van der Waals surface area contributed by atoms with Gasteiger partial charge in [0.05, 0.1) is 6.54 Å². The van der Waals surface area contributed by atoms with Crippen molar-refractivity contribution in [3.63, 3.8) is 0 Å². The molecule has 0 spiro atoms. The molecular formula is C11H20N2OS. The van der Waals surface area contributed by atoms with Gasteiger partial charge in [-0.05, 0) is 12.8 Å². The summed E-state index contributed by atoms with van der Waals surface area (Å²) in [5.74, 6) is 1.31. The van der Waals surface area contributed by atoms with Gasteiger partial charge in [-0.3, -0.25) is 9.79 Å². The Morgan fingerprint density at radius 2 is 2.40 bits per heavy atom. The quantitative estimate of drug-likeness (QED) is 0.785. The van der Waals surface area contributed by atoms with Gasteiger partial charge in [-0.1, -0.05) is 38.5 Å². The number of carbonyl (C=O) groups is 1. The fourth-order valence-electron chi connectivity index (χ4n) is 1.59. The highest BCUT2D eigenvalue weighted by molar-refractivity contribution is 8.14. The van der Waals surface area contributed by atoms with Gasteiger partial charge in [0.1, 0.15) is 0 Å². The van der Waals surface area contributed by atoms with E-state index in [2.05, 4.69) is 24.2 Å². The van der Waals surface area contributed by atoms with Gasteiger partial charge in [0.2, 0.25) is 5.91 Å². The Kier molecular flexibility index (Phi) is 5.76. The normalized spacial score (nSPS) is 17.3. The number of amides is 1. The Morgan fingerprint density at radius 1 is 1.60 bits per heavy atom. The molecule has 0 aromatic heterocycles. The summed E-state index contributed by atoms with van der Waals surface area (Å²) in [4.78, 5) is 16.1. The molecule has 4 heteroatoms. The van der Waals surface area contributed by atoms with Gasteiger partial charge in [-0.25, -0.2) is 0 Å². The molecule has 1 aliphatic heterocycles. The zero-order valence-electron chi connectivity index (χ0n) is 9.58. The van der Waals surface area contributed by atoms with E-state index in [1.54, 1.807) is 11.8 Å². The minimum Gasteiger partial charge on any atom is -0.305 e. The van der Waals surface area contributed by atoms with Crippen LogP contribution in [-0.2, 0) is 4.79 Å². The lowest BCUT2D eigenvalue weighted by molar-refractivity contribution is -0.123. The molecular weight excluding hydrogens is 208 g/mol. The maximum atomic E-state index is 11.8. The first kappa shape index (κ1) is 12.6. The Balaban J connectivity index is 2.35. The molecule has 86 valence electrons. The zero-order valence-corrected chi connectivity index (χ0v) is 10.4. The molecule has 1 unspecified atom stereocenters. The number of aliphatic imine (C=N–C) groups is 1. The van der Waals surface area contributed by atoms with Crippen LogP contribution >= 0.6 is 11.8 Å². The van der Waals surface area contributed by atoms with Gasteiger partial charge in [-0.15, -0.1) is 0 Å². The van der Waals surface area contributed by atoms with Crippen LogP contribution in [0.1, 0.15) is 39.5 Å². The summed E-state index contributed by atoms with van der Waals surface area (Å²) in [6.07, 6.45) is 4.20. The van der Waals surface area contributed by atoms with E-state index in [1.807, 2.05) is 0 Å². The van der Waals surface area contributed by atoms with Crippen LogP contribution < -0.4 is 5.32 Å². The van der Waals surface area contributed by atoms with Crippen molar-refractivity contribution < 1.29 is 4.79 Å². The van der Waals surface area contributed by atoms with E-state index in [1.165, 1.54) is 0 Å². The van der Waals surface area contributed by atoms with Crippen molar-refractivity contribution in [3.05, 3.63) is 0 Å². The summed E-state index contributed by atoms with van der Waals surface area (Å²) >= 11 is 1.64. The number of amidine groups is 1. The number of unbranched alkanes of at least 4 members (excludes halogenated alkanes) is 1. The number of hydrogen-bond donors (Lipinski definition) is 1. The molecule has 0 bridgehead atoms. The molecule has 0 aromatic carbocycles. The minimum atomic E-state index is 0.152. The Morgan fingerprint density at radius 3 is 2.93 bits per heavy atom. The molecule has 0 aromatic rings. The fraction of sp³-hybridized carbons (Fsp3) is 0.818. The van der Waals surface area contributed by atoms with Crippen LogP contribution in [0.25, 0.3) is 0 Å². The third-order valence-electron chi connectivity index (χ3n) is 2.59. The molecule has 1 amide bonds. The Labute approximate surface area is 96.1 Å². The number of carbonyl (C=O) groups excluding carboxylic acids is 1. The van der Waals surface area contributed by atoms with Crippen molar-refractivity contribution in [3.8, 4) is 0 Å². The first-order chi connectivity index (χ1) is 7.27. The predicted octanol–water partition coefficient (Wildman–Crippen LogP) is 2.42. The third-order valence-corrected chi connectivity index (χ3v) is 3.48. The van der Waals surface area contributed by atoms with E-state index in [0.717, 1.165) is 43.1 Å². The standard InChI is InChI=1S/C11H20N2OS/c1-3-5-6-9(4-2)10(14)13-11-12-7-8-15-11/h9H,3-8H2,1-2H3,(H,12,13,14). The van der Waals surface area contributed by atoms with Crippen molar-refractivity contribution >= 4 is 22.8 Å². The Hall–Kier alpha value is -0.510. The molecule has 0 radical (unpaired) electrons. The molecule has 0 saturated carbocycles. The van der Waals surface area contributed by atoms with Crippen LogP contribution in [0, 0.1) is 5.92 Å². The first-order valence-electron chi connectivity index (χ1n) is 5.76. The molecule has 1 N–H and O–H groups in total. The molecule has 0 fully saturated rings. The van der Waals surface area contributed by atoms with E-state index >= 15 is 0 Å². The largest absolute Gasteiger partial charge is 0.305 e. The van der Waals surface area contributed by atoms with Crippen LogP contribution in [0.2, 0.25) is 0 Å². The summed E-state index contributed by atoms with van der Waals surface area (Å²) in [6, 6.07) is 0. The Bertz CT molecular complexity index is 241. The summed E-state index contributed by atoms with van der Waals surface area (Å²) in [7, 11) is 0. The number of nitrogens with zero attached hydrogens (tertiary/aromatic N) is 1. The molecule has 0 aliphatic carbocycles. The average Bonchev–Trinajstić information content (AvgIpc) is 2.71.